The summed E-state index contributed by atoms with van der Waals surface area (Å²) >= 11 is 0. The monoisotopic (exact) mass is 404 g/mol. The Balaban J connectivity index is 1.50. The van der Waals surface area contributed by atoms with Gasteiger partial charge in [-0.05, 0) is 49.6 Å². The minimum absolute atomic E-state index is 0.138. The first-order valence-corrected chi connectivity index (χ1v) is 9.72. The Morgan fingerprint density at radius 3 is 2.33 bits per heavy atom. The van der Waals surface area contributed by atoms with Gasteiger partial charge in [0.2, 0.25) is 5.78 Å². The second-order valence-corrected chi connectivity index (χ2v) is 7.12. The van der Waals surface area contributed by atoms with Crippen LogP contribution in [0.15, 0.2) is 67.0 Å². The minimum atomic E-state index is -0.746. The molecule has 0 saturated heterocycles. The molecule has 2 amide bonds. The van der Waals surface area contributed by atoms with Crippen LogP contribution in [0.5, 0.6) is 0 Å². The number of aryl methyl sites for hydroxylation is 2. The molecule has 1 aromatic heterocycles. The molecule has 0 aliphatic carbocycles. The van der Waals surface area contributed by atoms with E-state index in [9.17, 15) is 14.4 Å². The highest BCUT2D eigenvalue weighted by atomic mass is 16.2. The Labute approximate surface area is 175 Å². The average Bonchev–Trinajstić information content (AvgIpc) is 3.19. The third-order valence-corrected chi connectivity index (χ3v) is 4.72. The highest BCUT2D eigenvalue weighted by Gasteiger charge is 2.17. The van der Waals surface area contributed by atoms with Crippen LogP contribution in [0.2, 0.25) is 0 Å². The number of hydrogen-bond acceptors (Lipinski definition) is 4. The van der Waals surface area contributed by atoms with Crippen LogP contribution in [-0.4, -0.2) is 33.2 Å². The zero-order chi connectivity index (χ0) is 21.5. The Kier molecular flexibility index (Phi) is 6.75. The van der Waals surface area contributed by atoms with Gasteiger partial charge in [-0.3, -0.25) is 14.4 Å². The van der Waals surface area contributed by atoms with Gasteiger partial charge in [0.1, 0.15) is 0 Å². The molecule has 0 spiro atoms. The quantitative estimate of drug-likeness (QED) is 0.468. The molecule has 7 nitrogen and oxygen atoms in total. The summed E-state index contributed by atoms with van der Waals surface area (Å²) in [5.74, 6) is -1.32. The van der Waals surface area contributed by atoms with Crippen LogP contribution in [0.1, 0.15) is 35.1 Å². The van der Waals surface area contributed by atoms with Crippen molar-refractivity contribution in [3.63, 3.8) is 0 Å². The molecule has 3 aromatic rings. The Bertz CT molecular complexity index is 1030. The molecule has 0 aliphatic heterocycles. The zero-order valence-electron chi connectivity index (χ0n) is 17.0. The van der Waals surface area contributed by atoms with Crippen LogP contribution in [0, 0.1) is 0 Å². The summed E-state index contributed by atoms with van der Waals surface area (Å²) in [6.07, 6.45) is 4.80. The predicted octanol–water partition coefficient (Wildman–Crippen LogP) is 2.73. The van der Waals surface area contributed by atoms with Crippen molar-refractivity contribution < 1.29 is 14.4 Å². The van der Waals surface area contributed by atoms with Crippen molar-refractivity contribution in [1.82, 2.24) is 14.9 Å². The summed E-state index contributed by atoms with van der Waals surface area (Å²) in [5.41, 5.74) is 2.06. The van der Waals surface area contributed by atoms with Crippen molar-refractivity contribution in [3.05, 3.63) is 83.9 Å². The number of amides is 2. The largest absolute Gasteiger partial charge is 0.345 e. The van der Waals surface area contributed by atoms with E-state index in [2.05, 4.69) is 15.6 Å². The van der Waals surface area contributed by atoms with Gasteiger partial charge in [-0.2, -0.15) is 0 Å². The third kappa shape index (κ3) is 5.41. The Morgan fingerprint density at radius 1 is 1.00 bits per heavy atom. The van der Waals surface area contributed by atoms with E-state index in [1.807, 2.05) is 37.3 Å². The molecule has 0 radical (unpaired) electrons. The summed E-state index contributed by atoms with van der Waals surface area (Å²) in [7, 11) is 1.74. The predicted molar refractivity (Wildman–Crippen MR) is 114 cm³/mol. The maximum atomic E-state index is 12.4. The number of aromatic nitrogens is 2. The summed E-state index contributed by atoms with van der Waals surface area (Å²) in [6.45, 7) is 1.87. The summed E-state index contributed by atoms with van der Waals surface area (Å²) in [6, 6.07) is 16.2. The SMILES string of the molecule is CC(CCc1ccccc1)NC(=O)C(=O)Nc1ccc(C(=O)c2nccn2C)cc1. The molecule has 0 bridgehead atoms. The van der Waals surface area contributed by atoms with E-state index in [1.165, 1.54) is 5.56 Å². The number of nitrogens with one attached hydrogen (secondary N) is 2. The van der Waals surface area contributed by atoms with Gasteiger partial charge in [0, 0.05) is 36.7 Å². The number of ketones is 1. The molecule has 30 heavy (non-hydrogen) atoms. The molecular formula is C23H24N4O3. The number of carbonyl (C=O) groups excluding carboxylic acids is 3. The van der Waals surface area contributed by atoms with E-state index >= 15 is 0 Å². The van der Waals surface area contributed by atoms with Crippen LogP contribution < -0.4 is 10.6 Å². The number of benzene rings is 2. The molecule has 154 valence electrons. The fourth-order valence-electron chi connectivity index (χ4n) is 3.00. The minimum Gasteiger partial charge on any atom is -0.345 e. The molecule has 3 rings (SSSR count). The molecular weight excluding hydrogens is 380 g/mol. The lowest BCUT2D eigenvalue weighted by molar-refractivity contribution is -0.136. The van der Waals surface area contributed by atoms with Gasteiger partial charge in [0.15, 0.2) is 5.82 Å². The van der Waals surface area contributed by atoms with Gasteiger partial charge in [0.05, 0.1) is 0 Å². The van der Waals surface area contributed by atoms with Gasteiger partial charge < -0.3 is 15.2 Å². The molecule has 2 aromatic carbocycles. The van der Waals surface area contributed by atoms with Crippen molar-refractivity contribution in [2.24, 2.45) is 7.05 Å². The fourth-order valence-corrected chi connectivity index (χ4v) is 3.00. The number of imidazole rings is 1. The number of anilines is 1. The van der Waals surface area contributed by atoms with Crippen LogP contribution in [0.25, 0.3) is 0 Å². The number of nitrogens with zero attached hydrogens (tertiary/aromatic N) is 2. The molecule has 2 N–H and O–H groups in total. The first kappa shape index (κ1) is 21.0. The molecule has 0 fully saturated rings. The smallest absolute Gasteiger partial charge is 0.313 e. The summed E-state index contributed by atoms with van der Waals surface area (Å²) in [4.78, 5) is 40.8. The van der Waals surface area contributed by atoms with E-state index in [-0.39, 0.29) is 11.8 Å². The second-order valence-electron chi connectivity index (χ2n) is 7.12. The molecule has 7 heteroatoms. The first-order chi connectivity index (χ1) is 14.4. The number of carbonyl (C=O) groups is 3. The van der Waals surface area contributed by atoms with Gasteiger partial charge in [-0.15, -0.1) is 0 Å². The molecule has 0 aliphatic rings. The van der Waals surface area contributed by atoms with E-state index in [0.717, 1.165) is 12.8 Å². The van der Waals surface area contributed by atoms with E-state index < -0.39 is 11.8 Å². The van der Waals surface area contributed by atoms with Gasteiger partial charge in [-0.25, -0.2) is 4.98 Å². The van der Waals surface area contributed by atoms with Crippen molar-refractivity contribution in [3.8, 4) is 0 Å². The van der Waals surface area contributed by atoms with Crippen molar-refractivity contribution in [2.75, 3.05) is 5.32 Å². The maximum absolute atomic E-state index is 12.4. The van der Waals surface area contributed by atoms with Gasteiger partial charge >= 0.3 is 11.8 Å². The van der Waals surface area contributed by atoms with Crippen LogP contribution >= 0.6 is 0 Å². The normalized spacial score (nSPS) is 11.5. The van der Waals surface area contributed by atoms with Crippen LogP contribution in [-0.2, 0) is 23.1 Å². The molecule has 0 saturated carbocycles. The third-order valence-electron chi connectivity index (χ3n) is 4.72. The van der Waals surface area contributed by atoms with Gasteiger partial charge in [0.25, 0.3) is 0 Å². The van der Waals surface area contributed by atoms with Crippen molar-refractivity contribution in [2.45, 2.75) is 25.8 Å². The highest BCUT2D eigenvalue weighted by Crippen LogP contribution is 2.13. The summed E-state index contributed by atoms with van der Waals surface area (Å²) < 4.78 is 1.64. The molecule has 1 atom stereocenters. The lowest BCUT2D eigenvalue weighted by Gasteiger charge is -2.14. The standard InChI is InChI=1S/C23H24N4O3/c1-16(8-9-17-6-4-3-5-7-17)25-22(29)23(30)26-19-12-10-18(11-13-19)20(28)21-24-14-15-27(21)2/h3-7,10-16H,8-9H2,1-2H3,(H,25,29)(H,26,30). The first-order valence-electron chi connectivity index (χ1n) is 9.72. The van der Waals surface area contributed by atoms with Crippen LogP contribution in [0.3, 0.4) is 0 Å². The molecule has 1 heterocycles. The number of hydrogen-bond donors (Lipinski definition) is 2. The fraction of sp³-hybridized carbons (Fsp3) is 0.217. The van der Waals surface area contributed by atoms with E-state index in [1.54, 1.807) is 48.3 Å². The number of rotatable bonds is 7. The zero-order valence-corrected chi connectivity index (χ0v) is 17.0. The highest BCUT2D eigenvalue weighted by molar-refractivity contribution is 6.39. The second kappa shape index (κ2) is 9.65. The lowest BCUT2D eigenvalue weighted by atomic mass is 10.1. The van der Waals surface area contributed by atoms with E-state index in [0.29, 0.717) is 17.1 Å². The topological polar surface area (TPSA) is 93.1 Å². The maximum Gasteiger partial charge on any atom is 0.313 e. The van der Waals surface area contributed by atoms with Crippen LogP contribution in [0.4, 0.5) is 5.69 Å². The van der Waals surface area contributed by atoms with E-state index in [4.69, 9.17) is 0 Å². The average molecular weight is 404 g/mol. The van der Waals surface area contributed by atoms with Crippen molar-refractivity contribution >= 4 is 23.3 Å². The Morgan fingerprint density at radius 2 is 1.70 bits per heavy atom. The summed E-state index contributed by atoms with van der Waals surface area (Å²) in [5, 5.41) is 5.26. The van der Waals surface area contributed by atoms with Crippen molar-refractivity contribution in [1.29, 1.82) is 0 Å². The lowest BCUT2D eigenvalue weighted by Crippen LogP contribution is -2.40. The molecule has 1 unspecified atom stereocenters. The Hall–Kier alpha value is -3.74. The van der Waals surface area contributed by atoms with Gasteiger partial charge in [-0.1, -0.05) is 30.3 Å².